The molecule has 2 aliphatic heterocycles. The van der Waals surface area contributed by atoms with Crippen LogP contribution in [0.15, 0.2) is 24.3 Å². The number of ether oxygens (including phenoxy) is 1. The van der Waals surface area contributed by atoms with Gasteiger partial charge in [-0.1, -0.05) is 25.0 Å². The fourth-order valence-corrected chi connectivity index (χ4v) is 4.88. The number of imide groups is 1. The van der Waals surface area contributed by atoms with Crippen LogP contribution in [0.3, 0.4) is 0 Å². The molecule has 0 radical (unpaired) electrons. The molecule has 2 fully saturated rings. The number of amides is 3. The number of piperidine rings is 1. The van der Waals surface area contributed by atoms with E-state index in [0.717, 1.165) is 30.7 Å². The van der Waals surface area contributed by atoms with Crippen molar-refractivity contribution in [2.24, 2.45) is 5.92 Å². The SMILES string of the molecule is O=C(CCN1C(=O)c2ccccc2C1=O)OCC(=O)N1CCC[C@H]2CCCC[C@@H]21. The van der Waals surface area contributed by atoms with Crippen molar-refractivity contribution in [3.05, 3.63) is 35.4 Å². The first-order valence-electron chi connectivity index (χ1n) is 10.5. The van der Waals surface area contributed by atoms with Gasteiger partial charge >= 0.3 is 5.97 Å². The standard InChI is InChI=1S/C22H26N2O5/c25-19(23-12-5-7-15-6-1-4-10-18(15)23)14-29-20(26)11-13-24-21(27)16-8-2-3-9-17(16)22(24)28/h2-3,8-9,15,18H,1,4-7,10-14H2/t15-,18+/m1/s1. The summed E-state index contributed by atoms with van der Waals surface area (Å²) in [5, 5.41) is 0. The highest BCUT2D eigenvalue weighted by molar-refractivity contribution is 6.21. The molecule has 0 N–H and O–H groups in total. The van der Waals surface area contributed by atoms with Crippen molar-refractivity contribution in [3.63, 3.8) is 0 Å². The van der Waals surface area contributed by atoms with E-state index in [9.17, 15) is 19.2 Å². The Kier molecular flexibility index (Phi) is 5.65. The molecule has 1 saturated heterocycles. The van der Waals surface area contributed by atoms with Crippen molar-refractivity contribution in [1.82, 2.24) is 9.80 Å². The Hall–Kier alpha value is -2.70. The van der Waals surface area contributed by atoms with Gasteiger partial charge in [-0.05, 0) is 43.7 Å². The van der Waals surface area contributed by atoms with Crippen LogP contribution in [0.1, 0.15) is 65.7 Å². The van der Waals surface area contributed by atoms with E-state index >= 15 is 0 Å². The van der Waals surface area contributed by atoms with Gasteiger partial charge in [0.25, 0.3) is 17.7 Å². The van der Waals surface area contributed by atoms with E-state index in [1.807, 2.05) is 4.90 Å². The summed E-state index contributed by atoms with van der Waals surface area (Å²) in [6.45, 7) is 0.407. The van der Waals surface area contributed by atoms with E-state index in [4.69, 9.17) is 4.74 Å². The van der Waals surface area contributed by atoms with Gasteiger partial charge in [-0.3, -0.25) is 24.1 Å². The van der Waals surface area contributed by atoms with Crippen LogP contribution in [-0.4, -0.2) is 59.2 Å². The van der Waals surface area contributed by atoms with Crippen LogP contribution in [0.4, 0.5) is 0 Å². The minimum atomic E-state index is -0.577. The molecule has 29 heavy (non-hydrogen) atoms. The minimum Gasteiger partial charge on any atom is -0.456 e. The van der Waals surface area contributed by atoms with Crippen LogP contribution >= 0.6 is 0 Å². The first kappa shape index (κ1) is 19.6. The zero-order valence-electron chi connectivity index (χ0n) is 16.5. The van der Waals surface area contributed by atoms with Crippen molar-refractivity contribution in [2.75, 3.05) is 19.7 Å². The number of nitrogens with zero attached hydrogens (tertiary/aromatic N) is 2. The van der Waals surface area contributed by atoms with E-state index in [2.05, 4.69) is 0 Å². The Morgan fingerprint density at radius 1 is 0.966 bits per heavy atom. The first-order chi connectivity index (χ1) is 14.1. The van der Waals surface area contributed by atoms with Gasteiger partial charge in [-0.15, -0.1) is 0 Å². The Morgan fingerprint density at radius 3 is 2.34 bits per heavy atom. The molecule has 7 nitrogen and oxygen atoms in total. The molecule has 0 unspecified atom stereocenters. The number of rotatable bonds is 5. The summed E-state index contributed by atoms with van der Waals surface area (Å²) in [5.41, 5.74) is 0.710. The van der Waals surface area contributed by atoms with Crippen LogP contribution in [0.2, 0.25) is 0 Å². The van der Waals surface area contributed by atoms with Gasteiger partial charge in [0.1, 0.15) is 0 Å². The molecule has 7 heteroatoms. The van der Waals surface area contributed by atoms with E-state index in [0.29, 0.717) is 17.0 Å². The molecule has 3 aliphatic rings. The monoisotopic (exact) mass is 398 g/mol. The van der Waals surface area contributed by atoms with E-state index in [1.54, 1.807) is 24.3 Å². The zero-order chi connectivity index (χ0) is 20.4. The van der Waals surface area contributed by atoms with Gasteiger partial charge in [-0.2, -0.15) is 0 Å². The van der Waals surface area contributed by atoms with Crippen molar-refractivity contribution in [1.29, 1.82) is 0 Å². The molecule has 1 aliphatic carbocycles. The summed E-state index contributed by atoms with van der Waals surface area (Å²) < 4.78 is 5.16. The molecule has 0 bridgehead atoms. The lowest BCUT2D eigenvalue weighted by Crippen LogP contribution is -2.50. The van der Waals surface area contributed by atoms with Crippen LogP contribution in [-0.2, 0) is 14.3 Å². The lowest BCUT2D eigenvalue weighted by atomic mass is 9.78. The third kappa shape index (κ3) is 3.91. The van der Waals surface area contributed by atoms with Crippen LogP contribution < -0.4 is 0 Å². The van der Waals surface area contributed by atoms with E-state index in [-0.39, 0.29) is 31.5 Å². The molecule has 0 spiro atoms. The second-order valence-electron chi connectivity index (χ2n) is 8.06. The van der Waals surface area contributed by atoms with Crippen LogP contribution in [0.25, 0.3) is 0 Å². The van der Waals surface area contributed by atoms with Crippen molar-refractivity contribution in [2.45, 2.75) is 51.0 Å². The number of carbonyl (C=O) groups excluding carboxylic acids is 4. The third-order valence-electron chi connectivity index (χ3n) is 6.34. The maximum atomic E-state index is 12.6. The summed E-state index contributed by atoms with van der Waals surface area (Å²) in [5.74, 6) is -0.939. The fourth-order valence-electron chi connectivity index (χ4n) is 4.88. The predicted octanol–water partition coefficient (Wildman–Crippen LogP) is 2.40. The second kappa shape index (κ2) is 8.35. The van der Waals surface area contributed by atoms with Crippen molar-refractivity contribution < 1.29 is 23.9 Å². The Labute approximate surface area is 170 Å². The van der Waals surface area contributed by atoms with Gasteiger partial charge in [-0.25, -0.2) is 0 Å². The van der Waals surface area contributed by atoms with E-state index < -0.39 is 17.8 Å². The normalized spacial score (nSPS) is 23.6. The Bertz CT molecular complexity index is 799. The summed E-state index contributed by atoms with van der Waals surface area (Å²) in [6.07, 6.45) is 6.64. The summed E-state index contributed by atoms with van der Waals surface area (Å²) in [4.78, 5) is 52.3. The van der Waals surface area contributed by atoms with Gasteiger partial charge < -0.3 is 9.64 Å². The molecule has 1 saturated carbocycles. The second-order valence-corrected chi connectivity index (χ2v) is 8.06. The van der Waals surface area contributed by atoms with Crippen LogP contribution in [0.5, 0.6) is 0 Å². The number of benzene rings is 1. The Balaban J connectivity index is 1.26. The van der Waals surface area contributed by atoms with Gasteiger partial charge in [0, 0.05) is 19.1 Å². The third-order valence-corrected chi connectivity index (χ3v) is 6.34. The molecule has 3 amide bonds. The average Bonchev–Trinajstić information content (AvgIpc) is 3.00. The van der Waals surface area contributed by atoms with Gasteiger partial charge in [0.2, 0.25) is 0 Å². The molecular weight excluding hydrogens is 372 g/mol. The number of fused-ring (bicyclic) bond motifs is 2. The Morgan fingerprint density at radius 2 is 1.62 bits per heavy atom. The number of likely N-dealkylation sites (tertiary alicyclic amines) is 1. The maximum absolute atomic E-state index is 12.6. The van der Waals surface area contributed by atoms with Crippen LogP contribution in [0, 0.1) is 5.92 Å². The number of hydrogen-bond donors (Lipinski definition) is 0. The highest BCUT2D eigenvalue weighted by Crippen LogP contribution is 2.35. The number of hydrogen-bond acceptors (Lipinski definition) is 5. The maximum Gasteiger partial charge on any atom is 0.308 e. The molecule has 2 atom stereocenters. The molecular formula is C22H26N2O5. The molecule has 0 aromatic heterocycles. The summed E-state index contributed by atoms with van der Waals surface area (Å²) in [7, 11) is 0. The van der Waals surface area contributed by atoms with E-state index in [1.165, 1.54) is 19.3 Å². The highest BCUT2D eigenvalue weighted by Gasteiger charge is 2.37. The smallest absolute Gasteiger partial charge is 0.308 e. The number of carbonyl (C=O) groups is 4. The van der Waals surface area contributed by atoms with Crippen molar-refractivity contribution >= 4 is 23.7 Å². The lowest BCUT2D eigenvalue weighted by Gasteiger charge is -2.44. The average molecular weight is 398 g/mol. The molecule has 1 aromatic carbocycles. The fraction of sp³-hybridized carbons (Fsp3) is 0.545. The minimum absolute atomic E-state index is 0.0478. The van der Waals surface area contributed by atoms with Gasteiger partial charge in [0.15, 0.2) is 6.61 Å². The van der Waals surface area contributed by atoms with Gasteiger partial charge in [0.05, 0.1) is 17.5 Å². The largest absolute Gasteiger partial charge is 0.456 e. The highest BCUT2D eigenvalue weighted by atomic mass is 16.5. The molecule has 2 heterocycles. The zero-order valence-corrected chi connectivity index (χ0v) is 16.5. The summed E-state index contributed by atoms with van der Waals surface area (Å²) >= 11 is 0. The molecule has 154 valence electrons. The summed E-state index contributed by atoms with van der Waals surface area (Å²) in [6, 6.07) is 6.88. The molecule has 4 rings (SSSR count). The lowest BCUT2D eigenvalue weighted by molar-refractivity contribution is -0.155. The first-order valence-corrected chi connectivity index (χ1v) is 10.5. The number of esters is 1. The predicted molar refractivity (Wildman–Crippen MR) is 104 cm³/mol. The molecule has 1 aromatic rings. The quantitative estimate of drug-likeness (QED) is 0.562. The van der Waals surface area contributed by atoms with Crippen molar-refractivity contribution in [3.8, 4) is 0 Å². The topological polar surface area (TPSA) is 84.0 Å².